The molecule has 8 heavy (non-hydrogen) atoms. The third-order valence-electron chi connectivity index (χ3n) is 0.958. The predicted octanol–water partition coefficient (Wildman–Crippen LogP) is 0.111. The molecule has 1 heterocycles. The highest BCUT2D eigenvalue weighted by Crippen LogP contribution is 1.99. The first-order valence-corrected chi connectivity index (χ1v) is 2.38. The van der Waals surface area contributed by atoms with Crippen LogP contribution in [0, 0.1) is 13.0 Å². The summed E-state index contributed by atoms with van der Waals surface area (Å²) in [4.78, 5) is 0. The molecule has 0 aliphatic heterocycles. The largest absolute Gasteiger partial charge is 0.383 e. The van der Waals surface area contributed by atoms with Gasteiger partial charge >= 0.3 is 0 Å². The molecule has 1 rings (SSSR count). The summed E-state index contributed by atoms with van der Waals surface area (Å²) in [6.45, 7) is 1.86. The fourth-order valence-corrected chi connectivity index (χ4v) is 0.570. The van der Waals surface area contributed by atoms with Crippen LogP contribution >= 0.6 is 0 Å². The van der Waals surface area contributed by atoms with E-state index < -0.39 is 0 Å². The van der Waals surface area contributed by atoms with E-state index in [1.54, 1.807) is 11.7 Å². The van der Waals surface area contributed by atoms with Crippen molar-refractivity contribution in [3.8, 4) is 0 Å². The van der Waals surface area contributed by atoms with Crippen molar-refractivity contribution >= 4 is 5.82 Å². The molecule has 0 unspecified atom stereocenters. The molecule has 0 atom stereocenters. The van der Waals surface area contributed by atoms with E-state index in [0.717, 1.165) is 5.69 Å². The van der Waals surface area contributed by atoms with Crippen molar-refractivity contribution in [2.45, 2.75) is 6.92 Å². The Balaban J connectivity index is 3.14. The van der Waals surface area contributed by atoms with Crippen LogP contribution in [0.2, 0.25) is 0 Å². The van der Waals surface area contributed by atoms with Crippen LogP contribution in [-0.4, -0.2) is 9.78 Å². The lowest BCUT2D eigenvalue weighted by Crippen LogP contribution is -1.96. The highest BCUT2D eigenvalue weighted by molar-refractivity contribution is 5.27. The fourth-order valence-electron chi connectivity index (χ4n) is 0.570. The van der Waals surface area contributed by atoms with Gasteiger partial charge < -0.3 is 5.73 Å². The van der Waals surface area contributed by atoms with Gasteiger partial charge in [-0.1, -0.05) is 0 Å². The van der Waals surface area contributed by atoms with E-state index in [1.807, 2.05) is 6.92 Å². The fraction of sp³-hybridized carbons (Fsp3) is 0.400. The van der Waals surface area contributed by atoms with Gasteiger partial charge in [0.1, 0.15) is 5.82 Å². The van der Waals surface area contributed by atoms with Gasteiger partial charge in [-0.2, -0.15) is 5.10 Å². The summed E-state index contributed by atoms with van der Waals surface area (Å²) in [5.74, 6) is 0.586. The first kappa shape index (κ1) is 5.15. The summed E-state index contributed by atoms with van der Waals surface area (Å²) in [7, 11) is 1.79. The van der Waals surface area contributed by atoms with Crippen molar-refractivity contribution in [3.63, 3.8) is 0 Å². The minimum atomic E-state index is 0.586. The van der Waals surface area contributed by atoms with E-state index in [9.17, 15) is 0 Å². The normalized spacial score (nSPS) is 9.75. The van der Waals surface area contributed by atoms with Gasteiger partial charge in [0, 0.05) is 7.05 Å². The summed E-state index contributed by atoms with van der Waals surface area (Å²) in [5, 5.41) is 3.95. The van der Waals surface area contributed by atoms with E-state index in [1.165, 1.54) is 0 Å². The number of hydrogen-bond acceptors (Lipinski definition) is 2. The smallest absolute Gasteiger partial charge is 0.129 e. The lowest BCUT2D eigenvalue weighted by Gasteiger charge is -1.87. The first-order chi connectivity index (χ1) is 3.70. The molecular formula is C5H8N3. The van der Waals surface area contributed by atoms with Crippen LogP contribution in [0.5, 0.6) is 0 Å². The Bertz CT molecular complexity index is 170. The Kier molecular flexibility index (Phi) is 0.970. The van der Waals surface area contributed by atoms with Crippen molar-refractivity contribution < 1.29 is 0 Å². The van der Waals surface area contributed by atoms with Crippen LogP contribution in [0.3, 0.4) is 0 Å². The molecule has 0 fully saturated rings. The molecule has 0 aromatic carbocycles. The van der Waals surface area contributed by atoms with Crippen LogP contribution in [0.1, 0.15) is 5.69 Å². The molecular weight excluding hydrogens is 102 g/mol. The van der Waals surface area contributed by atoms with Gasteiger partial charge in [0.15, 0.2) is 0 Å². The lowest BCUT2D eigenvalue weighted by molar-refractivity contribution is 0.767. The second-order valence-electron chi connectivity index (χ2n) is 1.72. The van der Waals surface area contributed by atoms with Crippen molar-refractivity contribution in [1.82, 2.24) is 9.78 Å². The van der Waals surface area contributed by atoms with Crippen LogP contribution in [0.4, 0.5) is 5.82 Å². The zero-order valence-corrected chi connectivity index (χ0v) is 4.97. The van der Waals surface area contributed by atoms with E-state index in [4.69, 9.17) is 5.73 Å². The highest BCUT2D eigenvalue weighted by atomic mass is 15.3. The van der Waals surface area contributed by atoms with Gasteiger partial charge in [0.25, 0.3) is 0 Å². The minimum Gasteiger partial charge on any atom is -0.383 e. The zero-order valence-electron chi connectivity index (χ0n) is 4.97. The second-order valence-corrected chi connectivity index (χ2v) is 1.72. The molecule has 3 nitrogen and oxygen atoms in total. The summed E-state index contributed by atoms with van der Waals surface area (Å²) in [5.41, 5.74) is 6.22. The monoisotopic (exact) mass is 110 g/mol. The van der Waals surface area contributed by atoms with E-state index in [2.05, 4.69) is 11.2 Å². The first-order valence-electron chi connectivity index (χ1n) is 2.38. The van der Waals surface area contributed by atoms with Gasteiger partial charge in [0.05, 0.1) is 11.8 Å². The Morgan fingerprint density at radius 1 is 1.75 bits per heavy atom. The predicted molar refractivity (Wildman–Crippen MR) is 31.2 cm³/mol. The molecule has 3 heteroatoms. The summed E-state index contributed by atoms with van der Waals surface area (Å²) in [6, 6.07) is 2.84. The number of rotatable bonds is 0. The van der Waals surface area contributed by atoms with Gasteiger partial charge in [-0.05, 0) is 6.92 Å². The van der Waals surface area contributed by atoms with Gasteiger partial charge in [0.2, 0.25) is 0 Å². The molecule has 43 valence electrons. The van der Waals surface area contributed by atoms with Crippen LogP contribution in [0.15, 0.2) is 0 Å². The van der Waals surface area contributed by atoms with Gasteiger partial charge in [-0.25, -0.2) is 0 Å². The molecule has 0 bridgehead atoms. The standard InChI is InChI=1S/C5H8N3/c1-4-3-5(6)8(2)7-4/h6H2,1-2H3. The molecule has 0 aliphatic rings. The molecule has 0 spiro atoms. The average Bonchev–Trinajstić information content (AvgIpc) is 1.85. The van der Waals surface area contributed by atoms with Crippen molar-refractivity contribution in [1.29, 1.82) is 0 Å². The molecule has 0 aliphatic carbocycles. The van der Waals surface area contributed by atoms with Gasteiger partial charge in [-0.15, -0.1) is 0 Å². The van der Waals surface area contributed by atoms with Crippen LogP contribution in [-0.2, 0) is 7.05 Å². The van der Waals surface area contributed by atoms with E-state index >= 15 is 0 Å². The van der Waals surface area contributed by atoms with E-state index in [-0.39, 0.29) is 0 Å². The molecule has 1 radical (unpaired) electrons. The average molecular weight is 110 g/mol. The number of aromatic nitrogens is 2. The Morgan fingerprint density at radius 3 is 2.50 bits per heavy atom. The molecule has 2 N–H and O–H groups in total. The Morgan fingerprint density at radius 2 is 2.38 bits per heavy atom. The molecule has 0 saturated carbocycles. The van der Waals surface area contributed by atoms with Crippen LogP contribution in [0.25, 0.3) is 0 Å². The maximum atomic E-state index is 5.39. The maximum absolute atomic E-state index is 5.39. The van der Waals surface area contributed by atoms with Crippen molar-refractivity contribution in [2.24, 2.45) is 7.05 Å². The zero-order chi connectivity index (χ0) is 6.15. The molecule has 0 saturated heterocycles. The number of nitrogen functional groups attached to an aromatic ring is 1. The number of nitrogens with two attached hydrogens (primary N) is 1. The van der Waals surface area contributed by atoms with E-state index in [0.29, 0.717) is 5.82 Å². The summed E-state index contributed by atoms with van der Waals surface area (Å²) < 4.78 is 1.59. The van der Waals surface area contributed by atoms with Crippen LogP contribution < -0.4 is 5.73 Å². The number of nitrogens with zero attached hydrogens (tertiary/aromatic N) is 2. The van der Waals surface area contributed by atoms with Crippen molar-refractivity contribution in [3.05, 3.63) is 11.8 Å². The molecule has 0 amide bonds. The number of hydrogen-bond donors (Lipinski definition) is 1. The topological polar surface area (TPSA) is 43.8 Å². The minimum absolute atomic E-state index is 0.586. The third kappa shape index (κ3) is 0.665. The summed E-state index contributed by atoms with van der Waals surface area (Å²) in [6.07, 6.45) is 0. The number of anilines is 1. The highest BCUT2D eigenvalue weighted by Gasteiger charge is 1.93. The second kappa shape index (κ2) is 1.51. The van der Waals surface area contributed by atoms with Gasteiger partial charge in [-0.3, -0.25) is 4.68 Å². The maximum Gasteiger partial charge on any atom is 0.129 e. The SMILES string of the molecule is Cc1[c]c(N)n(C)n1. The third-order valence-corrected chi connectivity index (χ3v) is 0.958. The Labute approximate surface area is 48.1 Å². The molecule has 1 aromatic rings. The number of aryl methyl sites for hydroxylation is 2. The Hall–Kier alpha value is -0.990. The lowest BCUT2D eigenvalue weighted by atomic mass is 10.5. The van der Waals surface area contributed by atoms with Crippen molar-refractivity contribution in [2.75, 3.05) is 5.73 Å². The summed E-state index contributed by atoms with van der Waals surface area (Å²) >= 11 is 0. The quantitative estimate of drug-likeness (QED) is 0.515. The molecule has 1 aromatic heterocycles.